The molecule has 0 fully saturated rings. The smallest absolute Gasteiger partial charge is 0.0684 e. The van der Waals surface area contributed by atoms with Crippen LogP contribution < -0.4 is 0 Å². The van der Waals surface area contributed by atoms with Crippen molar-refractivity contribution in [2.75, 3.05) is 6.16 Å². The largest absolute Gasteiger partial charge is 0.373 e. The summed E-state index contributed by atoms with van der Waals surface area (Å²) < 4.78 is 9.96. The average molecular weight is 247 g/mol. The van der Waals surface area contributed by atoms with Gasteiger partial charge >= 0.3 is 7.80 Å². The van der Waals surface area contributed by atoms with Crippen LogP contribution in [0.15, 0.2) is 11.9 Å². The van der Waals surface area contributed by atoms with Gasteiger partial charge in [-0.05, 0) is 0 Å². The molecule has 0 spiro atoms. The summed E-state index contributed by atoms with van der Waals surface area (Å²) in [5.74, 6) is 1.73. The van der Waals surface area contributed by atoms with Crippen LogP contribution in [0.2, 0.25) is 0 Å². The van der Waals surface area contributed by atoms with Gasteiger partial charge in [0.05, 0.1) is 0 Å². The number of rotatable bonds is 0. The molecule has 0 aromatic carbocycles. The van der Waals surface area contributed by atoms with Gasteiger partial charge in [-0.1, -0.05) is 4.57 Å². The van der Waals surface area contributed by atoms with E-state index in [4.69, 9.17) is 0 Å². The van der Waals surface area contributed by atoms with Gasteiger partial charge in [0.1, 0.15) is 0 Å². The monoisotopic (exact) mass is 247 g/mol. The van der Waals surface area contributed by atoms with Crippen molar-refractivity contribution in [3.05, 3.63) is 11.9 Å². The van der Waals surface area contributed by atoms with E-state index in [0.717, 1.165) is 6.16 Å². The first-order valence-electron chi connectivity index (χ1n) is 1.50. The second kappa shape index (κ2) is 15.4. The molecule has 1 rings (SSSR count). The second-order valence-corrected chi connectivity index (χ2v) is 2.48. The van der Waals surface area contributed by atoms with Gasteiger partial charge < -0.3 is 0 Å². The standard InChI is InChI=1S/C3H4OP.4Ca/c4-5-2-1-3-5;;;;/h1-2H,3H2;;;;/q+1;;;;. The van der Waals surface area contributed by atoms with E-state index in [-0.39, 0.29) is 151 Å². The van der Waals surface area contributed by atoms with Gasteiger partial charge in [-0.3, -0.25) is 0 Å². The molecule has 6 heteroatoms. The van der Waals surface area contributed by atoms with Gasteiger partial charge in [-0.2, -0.15) is 0 Å². The molecule has 1 atom stereocenters. The third kappa shape index (κ3) is 12.9. The maximum atomic E-state index is 9.96. The Balaban J connectivity index is -0.0000000312. The van der Waals surface area contributed by atoms with Crippen LogP contribution in [-0.4, -0.2) is 157 Å². The van der Waals surface area contributed by atoms with E-state index in [1.165, 1.54) is 0 Å². The number of allylic oxidation sites excluding steroid dienone is 1. The second-order valence-electron chi connectivity index (χ2n) is 0.984. The van der Waals surface area contributed by atoms with Crippen molar-refractivity contribution in [2.45, 2.75) is 0 Å². The molecule has 0 amide bonds. The summed E-state index contributed by atoms with van der Waals surface area (Å²) in [4.78, 5) is 0. The third-order valence-corrected chi connectivity index (χ3v) is 1.67. The fraction of sp³-hybridized carbons (Fsp3) is 0.333. The Morgan fingerprint density at radius 1 is 1.11 bits per heavy atom. The molecular weight excluding hydrogens is 243 g/mol. The van der Waals surface area contributed by atoms with Gasteiger partial charge in [0.25, 0.3) is 0 Å². The maximum Gasteiger partial charge on any atom is 0.373 e. The molecule has 0 aromatic heterocycles. The van der Waals surface area contributed by atoms with Crippen LogP contribution >= 0.6 is 7.80 Å². The van der Waals surface area contributed by atoms with E-state index in [9.17, 15) is 4.57 Å². The van der Waals surface area contributed by atoms with Crippen molar-refractivity contribution in [1.82, 2.24) is 0 Å². The van der Waals surface area contributed by atoms with Gasteiger partial charge in [0.2, 0.25) is 0 Å². The topological polar surface area (TPSA) is 17.1 Å². The third-order valence-electron chi connectivity index (χ3n) is 0.557. The summed E-state index contributed by atoms with van der Waals surface area (Å²) in [5.41, 5.74) is 0. The van der Waals surface area contributed by atoms with Crippen molar-refractivity contribution < 1.29 is 4.57 Å². The average Bonchev–Trinajstić information content (AvgIpc) is 1.30. The first-order valence-corrected chi connectivity index (χ1v) is 3.01. The summed E-state index contributed by atoms with van der Waals surface area (Å²) in [6, 6.07) is 0. The van der Waals surface area contributed by atoms with Crippen LogP contribution in [0.3, 0.4) is 0 Å². The Morgan fingerprint density at radius 3 is 1.33 bits per heavy atom. The molecule has 8 radical (unpaired) electrons. The molecule has 0 aliphatic carbocycles. The summed E-state index contributed by atoms with van der Waals surface area (Å²) >= 11 is 0. The Bertz CT molecular complexity index is 93.8. The van der Waals surface area contributed by atoms with Gasteiger partial charge in [-0.15, -0.1) is 0 Å². The van der Waals surface area contributed by atoms with Crippen LogP contribution in [0.4, 0.5) is 0 Å². The van der Waals surface area contributed by atoms with Crippen LogP contribution in [0.1, 0.15) is 0 Å². The van der Waals surface area contributed by atoms with Crippen molar-refractivity contribution in [3.8, 4) is 0 Å². The van der Waals surface area contributed by atoms with E-state index < -0.39 is 7.80 Å². The zero-order chi connectivity index (χ0) is 3.70. The minimum atomic E-state index is -0.848. The van der Waals surface area contributed by atoms with Crippen LogP contribution in [0.5, 0.6) is 0 Å². The summed E-state index contributed by atoms with van der Waals surface area (Å²) in [6.07, 6.45) is 2.73. The fourth-order valence-corrected chi connectivity index (χ4v) is 0.574. The molecule has 1 heterocycles. The van der Waals surface area contributed by atoms with Crippen molar-refractivity contribution in [1.29, 1.82) is 0 Å². The van der Waals surface area contributed by atoms with Crippen molar-refractivity contribution in [2.24, 2.45) is 0 Å². The normalized spacial score (nSPS) is 14.4. The van der Waals surface area contributed by atoms with E-state index in [1.54, 1.807) is 5.82 Å². The van der Waals surface area contributed by atoms with Crippen LogP contribution in [0.25, 0.3) is 0 Å². The minimum Gasteiger partial charge on any atom is -0.0684 e. The zero-order valence-corrected chi connectivity index (χ0v) is 15.3. The van der Waals surface area contributed by atoms with Crippen molar-refractivity contribution in [3.63, 3.8) is 0 Å². The molecular formula is C3H4Ca4OP+. The Morgan fingerprint density at radius 2 is 1.33 bits per heavy atom. The van der Waals surface area contributed by atoms with Crippen LogP contribution in [0, 0.1) is 0 Å². The molecule has 0 saturated heterocycles. The Labute approximate surface area is 176 Å². The Kier molecular flexibility index (Phi) is 40.2. The number of hydrogen-bond donors (Lipinski definition) is 0. The molecule has 0 N–H and O–H groups in total. The first kappa shape index (κ1) is 23.6. The molecule has 0 saturated carbocycles. The fourth-order valence-electron chi connectivity index (χ4n) is 0.191. The minimum absolute atomic E-state index is 0. The molecule has 1 aliphatic heterocycles. The maximum absolute atomic E-state index is 9.96. The van der Waals surface area contributed by atoms with Crippen molar-refractivity contribution >= 4 is 159 Å². The predicted molar refractivity (Wildman–Crippen MR) is 44.6 cm³/mol. The molecule has 0 aromatic rings. The first-order chi connectivity index (χ1) is 2.39. The Hall–Kier alpha value is 4.88. The van der Waals surface area contributed by atoms with Gasteiger partial charge in [0, 0.05) is 157 Å². The van der Waals surface area contributed by atoms with Gasteiger partial charge in [0.15, 0.2) is 12.0 Å². The molecule has 1 unspecified atom stereocenters. The van der Waals surface area contributed by atoms with E-state index in [0.29, 0.717) is 0 Å². The van der Waals surface area contributed by atoms with E-state index >= 15 is 0 Å². The predicted octanol–water partition coefficient (Wildman–Crippen LogP) is -0.182. The summed E-state index contributed by atoms with van der Waals surface area (Å²) in [6.45, 7) is 0. The van der Waals surface area contributed by atoms with E-state index in [2.05, 4.69) is 0 Å². The van der Waals surface area contributed by atoms with Crippen LogP contribution in [-0.2, 0) is 4.57 Å². The molecule has 0 bridgehead atoms. The SMILES string of the molecule is O=[P+]1C=CC1.[Ca].[Ca].[Ca].[Ca]. The summed E-state index contributed by atoms with van der Waals surface area (Å²) in [5, 5.41) is 0. The molecule has 9 heavy (non-hydrogen) atoms. The molecule has 1 nitrogen and oxygen atoms in total. The molecule has 34 valence electrons. The van der Waals surface area contributed by atoms with Gasteiger partial charge in [-0.25, -0.2) is 0 Å². The van der Waals surface area contributed by atoms with E-state index in [1.807, 2.05) is 6.08 Å². The number of hydrogen-bond acceptors (Lipinski definition) is 1. The summed E-state index contributed by atoms with van der Waals surface area (Å²) in [7, 11) is -0.848. The quantitative estimate of drug-likeness (QED) is 0.429. The zero-order valence-electron chi connectivity index (χ0n) is 5.55. The molecule has 1 aliphatic rings.